The van der Waals surface area contributed by atoms with Crippen LogP contribution < -0.4 is 5.32 Å². The Labute approximate surface area is 107 Å². The second kappa shape index (κ2) is 6.17. The second-order valence-corrected chi connectivity index (χ2v) is 5.90. The average molecular weight is 239 g/mol. The minimum absolute atomic E-state index is 0.576. The molecule has 0 aromatic rings. The van der Waals surface area contributed by atoms with Gasteiger partial charge >= 0.3 is 0 Å². The van der Waals surface area contributed by atoms with Crippen LogP contribution in [0.15, 0.2) is 0 Å². The summed E-state index contributed by atoms with van der Waals surface area (Å²) >= 11 is 0. The van der Waals surface area contributed by atoms with E-state index in [0.29, 0.717) is 5.41 Å². The van der Waals surface area contributed by atoms with Gasteiger partial charge in [0.1, 0.15) is 0 Å². The highest BCUT2D eigenvalue weighted by molar-refractivity contribution is 4.90. The summed E-state index contributed by atoms with van der Waals surface area (Å²) in [6.07, 6.45) is 4.00. The highest BCUT2D eigenvalue weighted by atomic mass is 15.3. The highest BCUT2D eigenvalue weighted by Crippen LogP contribution is 2.30. The first kappa shape index (κ1) is 13.3. The summed E-state index contributed by atoms with van der Waals surface area (Å²) in [4.78, 5) is 5.31. The van der Waals surface area contributed by atoms with Gasteiger partial charge in [-0.1, -0.05) is 13.8 Å². The normalized spacial score (nSPS) is 32.1. The van der Waals surface area contributed by atoms with Crippen LogP contribution in [0.2, 0.25) is 0 Å². The molecule has 3 heteroatoms. The van der Waals surface area contributed by atoms with Gasteiger partial charge in [0, 0.05) is 39.3 Å². The Morgan fingerprint density at radius 2 is 1.76 bits per heavy atom. The molecule has 0 bridgehead atoms. The quantitative estimate of drug-likeness (QED) is 0.782. The number of piperazine rings is 1. The molecular formula is C14H29N3. The molecule has 2 rings (SSSR count). The summed E-state index contributed by atoms with van der Waals surface area (Å²) in [5, 5.41) is 3.55. The molecule has 17 heavy (non-hydrogen) atoms. The van der Waals surface area contributed by atoms with Crippen LogP contribution in [0.5, 0.6) is 0 Å². The predicted octanol–water partition coefficient (Wildman–Crippen LogP) is 1.40. The second-order valence-electron chi connectivity index (χ2n) is 5.90. The van der Waals surface area contributed by atoms with Crippen LogP contribution in [0.4, 0.5) is 0 Å². The zero-order chi connectivity index (χ0) is 12.1. The van der Waals surface area contributed by atoms with Crippen LogP contribution in [0, 0.1) is 5.41 Å². The van der Waals surface area contributed by atoms with Gasteiger partial charge in [0.05, 0.1) is 0 Å². The van der Waals surface area contributed by atoms with Gasteiger partial charge in [-0.05, 0) is 37.8 Å². The Balaban J connectivity index is 1.77. The lowest BCUT2D eigenvalue weighted by atomic mass is 9.83. The SMILES string of the molecule is CCCN1CCN(CC2(CC)CCNC2)CC1. The van der Waals surface area contributed by atoms with E-state index in [-0.39, 0.29) is 0 Å². The molecule has 2 aliphatic rings. The van der Waals surface area contributed by atoms with Gasteiger partial charge in [0.15, 0.2) is 0 Å². The summed E-state index contributed by atoms with van der Waals surface area (Å²) in [6.45, 7) is 14.8. The largest absolute Gasteiger partial charge is 0.316 e. The third kappa shape index (κ3) is 3.43. The van der Waals surface area contributed by atoms with Gasteiger partial charge < -0.3 is 15.1 Å². The third-order valence-corrected chi connectivity index (χ3v) is 4.65. The minimum atomic E-state index is 0.576. The van der Waals surface area contributed by atoms with Crippen molar-refractivity contribution in [2.24, 2.45) is 5.41 Å². The minimum Gasteiger partial charge on any atom is -0.316 e. The van der Waals surface area contributed by atoms with Crippen LogP contribution in [0.3, 0.4) is 0 Å². The highest BCUT2D eigenvalue weighted by Gasteiger charge is 2.34. The van der Waals surface area contributed by atoms with E-state index in [1.165, 1.54) is 71.6 Å². The van der Waals surface area contributed by atoms with Crippen molar-refractivity contribution in [2.75, 3.05) is 52.4 Å². The molecule has 2 heterocycles. The number of nitrogens with one attached hydrogen (secondary N) is 1. The molecule has 100 valence electrons. The van der Waals surface area contributed by atoms with Crippen molar-refractivity contribution >= 4 is 0 Å². The molecule has 2 fully saturated rings. The fourth-order valence-corrected chi connectivity index (χ4v) is 3.31. The van der Waals surface area contributed by atoms with Crippen LogP contribution in [0.1, 0.15) is 33.1 Å². The van der Waals surface area contributed by atoms with Crippen molar-refractivity contribution in [1.82, 2.24) is 15.1 Å². The van der Waals surface area contributed by atoms with E-state index in [4.69, 9.17) is 0 Å². The first-order valence-corrected chi connectivity index (χ1v) is 7.43. The van der Waals surface area contributed by atoms with E-state index in [1.54, 1.807) is 0 Å². The average Bonchev–Trinajstić information content (AvgIpc) is 2.81. The molecule has 1 unspecified atom stereocenters. The van der Waals surface area contributed by atoms with Crippen LogP contribution in [0.25, 0.3) is 0 Å². The Morgan fingerprint density at radius 1 is 1.06 bits per heavy atom. The number of rotatable bonds is 5. The van der Waals surface area contributed by atoms with Crippen LogP contribution in [-0.2, 0) is 0 Å². The summed E-state index contributed by atoms with van der Waals surface area (Å²) in [6, 6.07) is 0. The number of hydrogen-bond acceptors (Lipinski definition) is 3. The molecule has 0 aromatic heterocycles. The molecule has 2 saturated heterocycles. The zero-order valence-corrected chi connectivity index (χ0v) is 11.7. The first-order chi connectivity index (χ1) is 8.28. The third-order valence-electron chi connectivity index (χ3n) is 4.65. The molecule has 3 nitrogen and oxygen atoms in total. The lowest BCUT2D eigenvalue weighted by Gasteiger charge is -2.39. The maximum absolute atomic E-state index is 3.55. The van der Waals surface area contributed by atoms with Crippen molar-refractivity contribution in [3.05, 3.63) is 0 Å². The smallest absolute Gasteiger partial charge is 0.0110 e. The molecule has 0 spiro atoms. The summed E-state index contributed by atoms with van der Waals surface area (Å²) in [5.41, 5.74) is 0.576. The Kier molecular flexibility index (Phi) is 4.83. The molecule has 2 aliphatic heterocycles. The number of hydrogen-bond donors (Lipinski definition) is 1. The van der Waals surface area contributed by atoms with E-state index in [9.17, 15) is 0 Å². The molecule has 0 aliphatic carbocycles. The fourth-order valence-electron chi connectivity index (χ4n) is 3.31. The van der Waals surface area contributed by atoms with Crippen molar-refractivity contribution in [2.45, 2.75) is 33.1 Å². The van der Waals surface area contributed by atoms with Crippen LogP contribution >= 0.6 is 0 Å². The Bertz CT molecular complexity index is 216. The summed E-state index contributed by atoms with van der Waals surface area (Å²) in [5.74, 6) is 0. The standard InChI is InChI=1S/C14H29N3/c1-3-7-16-8-10-17(11-9-16)13-14(4-2)5-6-15-12-14/h15H,3-13H2,1-2H3. The van der Waals surface area contributed by atoms with Crippen LogP contribution in [-0.4, -0.2) is 62.2 Å². The van der Waals surface area contributed by atoms with E-state index in [0.717, 1.165) is 0 Å². The van der Waals surface area contributed by atoms with Gasteiger partial charge in [0.2, 0.25) is 0 Å². The van der Waals surface area contributed by atoms with E-state index >= 15 is 0 Å². The molecule has 0 saturated carbocycles. The summed E-state index contributed by atoms with van der Waals surface area (Å²) < 4.78 is 0. The van der Waals surface area contributed by atoms with Gasteiger partial charge in [-0.2, -0.15) is 0 Å². The molecule has 1 N–H and O–H groups in total. The predicted molar refractivity (Wildman–Crippen MR) is 73.4 cm³/mol. The van der Waals surface area contributed by atoms with Crippen molar-refractivity contribution in [3.8, 4) is 0 Å². The van der Waals surface area contributed by atoms with Gasteiger partial charge in [-0.15, -0.1) is 0 Å². The van der Waals surface area contributed by atoms with Gasteiger partial charge in [0.25, 0.3) is 0 Å². The lowest BCUT2D eigenvalue weighted by molar-refractivity contribution is 0.0891. The van der Waals surface area contributed by atoms with Gasteiger partial charge in [-0.25, -0.2) is 0 Å². The topological polar surface area (TPSA) is 18.5 Å². The number of nitrogens with zero attached hydrogens (tertiary/aromatic N) is 2. The first-order valence-electron chi connectivity index (χ1n) is 7.43. The molecule has 1 atom stereocenters. The van der Waals surface area contributed by atoms with Crippen molar-refractivity contribution in [1.29, 1.82) is 0 Å². The summed E-state index contributed by atoms with van der Waals surface area (Å²) in [7, 11) is 0. The maximum Gasteiger partial charge on any atom is 0.0110 e. The van der Waals surface area contributed by atoms with Crippen molar-refractivity contribution < 1.29 is 0 Å². The fraction of sp³-hybridized carbons (Fsp3) is 1.00. The van der Waals surface area contributed by atoms with Crippen molar-refractivity contribution in [3.63, 3.8) is 0 Å². The Morgan fingerprint density at radius 3 is 2.29 bits per heavy atom. The lowest BCUT2D eigenvalue weighted by Crippen LogP contribution is -2.50. The molecule has 0 aromatic carbocycles. The van der Waals surface area contributed by atoms with Gasteiger partial charge in [-0.3, -0.25) is 0 Å². The molecular weight excluding hydrogens is 210 g/mol. The molecule has 0 amide bonds. The van der Waals surface area contributed by atoms with E-state index in [2.05, 4.69) is 29.0 Å². The molecule has 0 radical (unpaired) electrons. The maximum atomic E-state index is 3.55. The monoisotopic (exact) mass is 239 g/mol. The van der Waals surface area contributed by atoms with E-state index in [1.807, 2.05) is 0 Å². The van der Waals surface area contributed by atoms with E-state index < -0.39 is 0 Å². The zero-order valence-electron chi connectivity index (χ0n) is 11.7. The Hall–Kier alpha value is -0.120.